The predicted octanol–water partition coefficient (Wildman–Crippen LogP) is 4.41. The van der Waals surface area contributed by atoms with E-state index < -0.39 is 0 Å². The number of allylic oxidation sites excluding steroid dienone is 1. The van der Waals surface area contributed by atoms with E-state index in [9.17, 15) is 4.79 Å². The van der Waals surface area contributed by atoms with Crippen LogP contribution < -0.4 is 0 Å². The van der Waals surface area contributed by atoms with Crippen LogP contribution in [0.2, 0.25) is 0 Å². The number of aryl methyl sites for hydroxylation is 1. The zero-order valence-corrected chi connectivity index (χ0v) is 13.2. The number of nitrogens with zero attached hydrogens (tertiary/aromatic N) is 1. The van der Waals surface area contributed by atoms with Gasteiger partial charge in [0.2, 0.25) is 5.91 Å². The Balaban J connectivity index is 2.02. The molecule has 2 aromatic rings. The standard InChI is InChI=1S/C20H21NO/c1-15-12-13-18-10-6-7-11-19(18)20(15)21(16(2)22)14-17-8-4-3-5-9-17/h3-11H,12-14H2,1-2H3. The van der Waals surface area contributed by atoms with E-state index >= 15 is 0 Å². The summed E-state index contributed by atoms with van der Waals surface area (Å²) in [4.78, 5) is 14.2. The maximum Gasteiger partial charge on any atom is 0.224 e. The van der Waals surface area contributed by atoms with E-state index in [1.807, 2.05) is 23.1 Å². The molecule has 0 spiro atoms. The largest absolute Gasteiger partial charge is 0.308 e. The number of rotatable bonds is 3. The molecule has 0 unspecified atom stereocenters. The lowest BCUT2D eigenvalue weighted by Crippen LogP contribution is -2.29. The van der Waals surface area contributed by atoms with Crippen molar-refractivity contribution in [2.75, 3.05) is 0 Å². The Hall–Kier alpha value is -2.35. The second kappa shape index (κ2) is 6.18. The molecule has 0 N–H and O–H groups in total. The number of hydrogen-bond acceptors (Lipinski definition) is 1. The van der Waals surface area contributed by atoms with Crippen LogP contribution in [0.25, 0.3) is 5.70 Å². The van der Waals surface area contributed by atoms with Crippen molar-refractivity contribution in [2.24, 2.45) is 0 Å². The van der Waals surface area contributed by atoms with E-state index in [2.05, 4.69) is 43.3 Å². The van der Waals surface area contributed by atoms with E-state index in [0.717, 1.165) is 24.1 Å². The molecule has 0 radical (unpaired) electrons. The normalized spacial score (nSPS) is 13.7. The van der Waals surface area contributed by atoms with Crippen LogP contribution in [0.1, 0.15) is 37.0 Å². The van der Waals surface area contributed by atoms with Crippen LogP contribution in [0, 0.1) is 0 Å². The van der Waals surface area contributed by atoms with Crippen LogP contribution in [0.5, 0.6) is 0 Å². The highest BCUT2D eigenvalue weighted by atomic mass is 16.2. The van der Waals surface area contributed by atoms with E-state index in [1.54, 1.807) is 6.92 Å². The van der Waals surface area contributed by atoms with Gasteiger partial charge >= 0.3 is 0 Å². The van der Waals surface area contributed by atoms with Crippen LogP contribution >= 0.6 is 0 Å². The Labute approximate surface area is 132 Å². The summed E-state index contributed by atoms with van der Waals surface area (Å²) in [5.74, 6) is 0.0925. The first-order chi connectivity index (χ1) is 10.7. The van der Waals surface area contributed by atoms with Crippen molar-refractivity contribution in [3.05, 3.63) is 76.9 Å². The van der Waals surface area contributed by atoms with Gasteiger partial charge in [-0.05, 0) is 36.5 Å². The number of carbonyl (C=O) groups is 1. The zero-order valence-electron chi connectivity index (χ0n) is 13.2. The van der Waals surface area contributed by atoms with Gasteiger partial charge in [0, 0.05) is 12.5 Å². The van der Waals surface area contributed by atoms with Crippen molar-refractivity contribution < 1.29 is 4.79 Å². The van der Waals surface area contributed by atoms with Gasteiger partial charge in [-0.2, -0.15) is 0 Å². The van der Waals surface area contributed by atoms with Gasteiger partial charge < -0.3 is 4.90 Å². The first-order valence-corrected chi connectivity index (χ1v) is 7.77. The Morgan fingerprint density at radius 2 is 1.68 bits per heavy atom. The molecule has 0 fully saturated rings. The lowest BCUT2D eigenvalue weighted by atomic mass is 9.89. The predicted molar refractivity (Wildman–Crippen MR) is 90.0 cm³/mol. The molecule has 22 heavy (non-hydrogen) atoms. The summed E-state index contributed by atoms with van der Waals surface area (Å²) in [7, 11) is 0. The van der Waals surface area contributed by atoms with E-state index in [4.69, 9.17) is 0 Å². The van der Waals surface area contributed by atoms with Crippen LogP contribution in [-0.2, 0) is 17.8 Å². The Kier molecular flexibility index (Phi) is 4.10. The highest BCUT2D eigenvalue weighted by Crippen LogP contribution is 2.34. The molecular formula is C20H21NO. The highest BCUT2D eigenvalue weighted by Gasteiger charge is 2.23. The summed E-state index contributed by atoms with van der Waals surface area (Å²) in [6.45, 7) is 4.42. The van der Waals surface area contributed by atoms with Crippen LogP contribution in [0.3, 0.4) is 0 Å². The third-order valence-corrected chi connectivity index (χ3v) is 4.28. The topological polar surface area (TPSA) is 20.3 Å². The van der Waals surface area contributed by atoms with Crippen LogP contribution in [-0.4, -0.2) is 10.8 Å². The van der Waals surface area contributed by atoms with E-state index in [1.165, 1.54) is 16.7 Å². The van der Waals surface area contributed by atoms with E-state index in [0.29, 0.717) is 6.54 Å². The molecule has 3 rings (SSSR count). The Bertz CT molecular complexity index is 715. The van der Waals surface area contributed by atoms with Gasteiger partial charge in [-0.3, -0.25) is 4.79 Å². The van der Waals surface area contributed by atoms with Crippen molar-refractivity contribution in [2.45, 2.75) is 33.2 Å². The highest BCUT2D eigenvalue weighted by molar-refractivity contribution is 5.87. The minimum Gasteiger partial charge on any atom is -0.308 e. The van der Waals surface area contributed by atoms with Gasteiger partial charge in [0.05, 0.1) is 12.2 Å². The quantitative estimate of drug-likeness (QED) is 0.820. The summed E-state index contributed by atoms with van der Waals surface area (Å²) in [6.07, 6.45) is 2.08. The third-order valence-electron chi connectivity index (χ3n) is 4.28. The number of hydrogen-bond donors (Lipinski definition) is 0. The molecule has 0 saturated carbocycles. The molecule has 1 aliphatic carbocycles. The Morgan fingerprint density at radius 1 is 1.00 bits per heavy atom. The average molecular weight is 291 g/mol. The molecule has 0 aliphatic heterocycles. The van der Waals surface area contributed by atoms with Gasteiger partial charge in [0.25, 0.3) is 0 Å². The molecule has 2 aromatic carbocycles. The van der Waals surface area contributed by atoms with Crippen molar-refractivity contribution in [1.29, 1.82) is 0 Å². The molecule has 2 nitrogen and oxygen atoms in total. The van der Waals surface area contributed by atoms with Gasteiger partial charge in [-0.15, -0.1) is 0 Å². The second-order valence-corrected chi connectivity index (χ2v) is 5.88. The Morgan fingerprint density at radius 3 is 2.41 bits per heavy atom. The molecule has 0 saturated heterocycles. The van der Waals surface area contributed by atoms with Crippen molar-refractivity contribution >= 4 is 11.6 Å². The molecule has 0 bridgehead atoms. The zero-order chi connectivity index (χ0) is 15.5. The fourth-order valence-electron chi connectivity index (χ4n) is 3.13. The number of benzene rings is 2. The molecule has 2 heteroatoms. The average Bonchev–Trinajstić information content (AvgIpc) is 2.54. The van der Waals surface area contributed by atoms with Crippen molar-refractivity contribution in [3.8, 4) is 0 Å². The molecule has 112 valence electrons. The molecule has 0 atom stereocenters. The van der Waals surface area contributed by atoms with Gasteiger partial charge in [0.15, 0.2) is 0 Å². The number of fused-ring (bicyclic) bond motifs is 1. The summed E-state index contributed by atoms with van der Waals surface area (Å²) in [6, 6.07) is 18.6. The van der Waals surface area contributed by atoms with Gasteiger partial charge in [0.1, 0.15) is 0 Å². The minimum absolute atomic E-state index is 0.0925. The van der Waals surface area contributed by atoms with Crippen molar-refractivity contribution in [3.63, 3.8) is 0 Å². The summed E-state index contributed by atoms with van der Waals surface area (Å²) in [5.41, 5.74) is 6.09. The number of carbonyl (C=O) groups excluding carboxylic acids is 1. The molecule has 1 aliphatic rings. The van der Waals surface area contributed by atoms with Crippen LogP contribution in [0.15, 0.2) is 60.2 Å². The summed E-state index contributed by atoms with van der Waals surface area (Å²) < 4.78 is 0. The maximum absolute atomic E-state index is 12.3. The monoisotopic (exact) mass is 291 g/mol. The van der Waals surface area contributed by atoms with Crippen molar-refractivity contribution in [1.82, 2.24) is 4.90 Å². The third kappa shape index (κ3) is 2.82. The summed E-state index contributed by atoms with van der Waals surface area (Å²) >= 11 is 0. The molecule has 0 heterocycles. The summed E-state index contributed by atoms with van der Waals surface area (Å²) in [5, 5.41) is 0. The maximum atomic E-state index is 12.3. The van der Waals surface area contributed by atoms with Crippen LogP contribution in [0.4, 0.5) is 0 Å². The fourth-order valence-corrected chi connectivity index (χ4v) is 3.13. The van der Waals surface area contributed by atoms with Gasteiger partial charge in [-0.25, -0.2) is 0 Å². The lowest BCUT2D eigenvalue weighted by Gasteiger charge is -2.31. The minimum atomic E-state index is 0.0925. The fraction of sp³-hybridized carbons (Fsp3) is 0.250. The SMILES string of the molecule is CC(=O)N(Cc1ccccc1)C1=C(C)CCc2ccccc21. The number of amides is 1. The van der Waals surface area contributed by atoms with Gasteiger partial charge in [-0.1, -0.05) is 54.6 Å². The smallest absolute Gasteiger partial charge is 0.224 e. The first-order valence-electron chi connectivity index (χ1n) is 7.77. The lowest BCUT2D eigenvalue weighted by molar-refractivity contribution is -0.126. The molecule has 1 amide bonds. The molecule has 0 aromatic heterocycles. The second-order valence-electron chi connectivity index (χ2n) is 5.88. The molecular weight excluding hydrogens is 270 g/mol. The van der Waals surface area contributed by atoms with E-state index in [-0.39, 0.29) is 5.91 Å². The first kappa shape index (κ1) is 14.6.